The van der Waals surface area contributed by atoms with Crippen LogP contribution >= 0.6 is 0 Å². The number of nitrogens with zero attached hydrogens (tertiary/aromatic N) is 4. The van der Waals surface area contributed by atoms with Gasteiger partial charge in [0.15, 0.2) is 0 Å². The standard InChI is InChI=1S/C22H10N4/c23-11-25-21-17-8-4-2-6-14(17)19-18(21)10-9-15-13-5-1-3-7-16(13)22(20(15)19)26-12-24/h1-10H. The van der Waals surface area contributed by atoms with Crippen LogP contribution in [0.5, 0.6) is 0 Å². The summed E-state index contributed by atoms with van der Waals surface area (Å²) in [6.07, 6.45) is 3.87. The minimum Gasteiger partial charge on any atom is -0.172 e. The van der Waals surface area contributed by atoms with Crippen molar-refractivity contribution < 1.29 is 0 Å². The van der Waals surface area contributed by atoms with Crippen molar-refractivity contribution in [2.75, 3.05) is 0 Å². The first-order valence-corrected chi connectivity index (χ1v) is 8.16. The van der Waals surface area contributed by atoms with Crippen LogP contribution < -0.4 is 10.7 Å². The van der Waals surface area contributed by atoms with Gasteiger partial charge in [-0.05, 0) is 16.2 Å². The molecule has 0 aliphatic carbocycles. The maximum Gasteiger partial charge on any atom is 0.206 e. The third-order valence-corrected chi connectivity index (χ3v) is 4.94. The van der Waals surface area contributed by atoms with E-state index in [1.165, 1.54) is 0 Å². The summed E-state index contributed by atoms with van der Waals surface area (Å²) in [6, 6.07) is 19.9. The highest BCUT2D eigenvalue weighted by Gasteiger charge is 2.16. The van der Waals surface area contributed by atoms with E-state index in [0.29, 0.717) is 10.7 Å². The minimum atomic E-state index is 0.674. The fourth-order valence-corrected chi connectivity index (χ4v) is 4.00. The van der Waals surface area contributed by atoms with Gasteiger partial charge in [-0.3, -0.25) is 0 Å². The lowest BCUT2D eigenvalue weighted by atomic mass is 10.1. The van der Waals surface area contributed by atoms with Gasteiger partial charge in [0.05, 0.1) is 10.7 Å². The monoisotopic (exact) mass is 330 g/mol. The van der Waals surface area contributed by atoms with Gasteiger partial charge in [-0.2, -0.15) is 20.5 Å². The molecule has 5 aromatic carbocycles. The van der Waals surface area contributed by atoms with E-state index in [0.717, 1.165) is 43.1 Å². The lowest BCUT2D eigenvalue weighted by Gasteiger charge is -1.96. The zero-order chi connectivity index (χ0) is 17.7. The van der Waals surface area contributed by atoms with Crippen molar-refractivity contribution in [3.63, 3.8) is 0 Å². The molecule has 0 aliphatic rings. The zero-order valence-electron chi connectivity index (χ0n) is 13.6. The van der Waals surface area contributed by atoms with Crippen LogP contribution in [0.4, 0.5) is 0 Å². The Morgan fingerprint density at radius 3 is 1.69 bits per heavy atom. The maximum atomic E-state index is 9.25. The Balaban J connectivity index is 2.25. The van der Waals surface area contributed by atoms with E-state index in [1.807, 2.05) is 73.0 Å². The molecule has 0 aromatic heterocycles. The maximum absolute atomic E-state index is 9.25. The molecule has 0 bridgehead atoms. The highest BCUT2D eigenvalue weighted by atomic mass is 14.7. The molecule has 0 saturated heterocycles. The first-order valence-electron chi connectivity index (χ1n) is 8.16. The van der Waals surface area contributed by atoms with E-state index < -0.39 is 0 Å². The Morgan fingerprint density at radius 2 is 1.00 bits per heavy atom. The fraction of sp³-hybridized carbons (Fsp3) is 0. The molecule has 0 heterocycles. The second-order valence-corrected chi connectivity index (χ2v) is 6.12. The Labute approximate surface area is 147 Å². The summed E-state index contributed by atoms with van der Waals surface area (Å²) in [5.74, 6) is 0. The summed E-state index contributed by atoms with van der Waals surface area (Å²) < 4.78 is 0. The minimum absolute atomic E-state index is 0.674. The lowest BCUT2D eigenvalue weighted by Crippen LogP contribution is -1.99. The second kappa shape index (κ2) is 5.24. The molecule has 118 valence electrons. The van der Waals surface area contributed by atoms with Gasteiger partial charge in [0.25, 0.3) is 0 Å². The molecular formula is C22H10N4. The van der Waals surface area contributed by atoms with Gasteiger partial charge in [0, 0.05) is 26.9 Å². The Bertz CT molecular complexity index is 1550. The Morgan fingerprint density at radius 1 is 0.500 bits per heavy atom. The molecule has 5 rings (SSSR count). The fourth-order valence-electron chi connectivity index (χ4n) is 4.00. The van der Waals surface area contributed by atoms with Gasteiger partial charge in [-0.1, -0.05) is 60.7 Å². The Hall–Kier alpha value is -4.02. The number of hydrogen-bond donors (Lipinski definition) is 0. The van der Waals surface area contributed by atoms with E-state index in [1.54, 1.807) is 0 Å². The van der Waals surface area contributed by atoms with Crippen molar-refractivity contribution in [3.8, 4) is 12.4 Å². The largest absolute Gasteiger partial charge is 0.206 e. The third kappa shape index (κ3) is 1.70. The molecule has 0 fully saturated rings. The number of nitriles is 2. The van der Waals surface area contributed by atoms with Crippen LogP contribution in [-0.4, -0.2) is 0 Å². The molecule has 5 aromatic rings. The molecule has 0 spiro atoms. The molecule has 0 radical (unpaired) electrons. The molecular weight excluding hydrogens is 320 g/mol. The van der Waals surface area contributed by atoms with Gasteiger partial charge < -0.3 is 0 Å². The van der Waals surface area contributed by atoms with Gasteiger partial charge in [-0.15, -0.1) is 0 Å². The van der Waals surface area contributed by atoms with Crippen LogP contribution in [0.25, 0.3) is 43.1 Å². The number of fused-ring (bicyclic) bond motifs is 7. The second-order valence-electron chi connectivity index (χ2n) is 6.12. The van der Waals surface area contributed by atoms with E-state index in [-0.39, 0.29) is 0 Å². The van der Waals surface area contributed by atoms with Crippen molar-refractivity contribution in [1.82, 2.24) is 0 Å². The average molecular weight is 330 g/mol. The Kier molecular flexibility index (Phi) is 2.89. The van der Waals surface area contributed by atoms with Crippen LogP contribution in [0, 0.1) is 22.9 Å². The number of hydrogen-bond acceptors (Lipinski definition) is 4. The molecule has 0 unspecified atom stereocenters. The predicted molar refractivity (Wildman–Crippen MR) is 101 cm³/mol. The van der Waals surface area contributed by atoms with E-state index in [2.05, 4.69) is 9.98 Å². The first-order chi connectivity index (χ1) is 12.8. The summed E-state index contributed by atoms with van der Waals surface area (Å²) >= 11 is 0. The summed E-state index contributed by atoms with van der Waals surface area (Å²) in [4.78, 5) is 8.21. The van der Waals surface area contributed by atoms with Crippen LogP contribution in [0.1, 0.15) is 0 Å². The molecule has 0 atom stereocenters. The van der Waals surface area contributed by atoms with Crippen molar-refractivity contribution in [2.45, 2.75) is 0 Å². The van der Waals surface area contributed by atoms with E-state index in [4.69, 9.17) is 5.26 Å². The molecule has 0 amide bonds. The lowest BCUT2D eigenvalue weighted by molar-refractivity contribution is 1.37. The third-order valence-electron chi connectivity index (χ3n) is 4.94. The molecule has 4 heteroatoms. The van der Waals surface area contributed by atoms with E-state index in [9.17, 15) is 5.26 Å². The van der Waals surface area contributed by atoms with Gasteiger partial charge in [0.2, 0.25) is 12.4 Å². The van der Waals surface area contributed by atoms with Crippen molar-refractivity contribution in [1.29, 1.82) is 10.5 Å². The van der Waals surface area contributed by atoms with Crippen molar-refractivity contribution >= 4 is 43.1 Å². The molecule has 0 aliphatic heterocycles. The summed E-state index contributed by atoms with van der Waals surface area (Å²) in [5, 5.41) is 27.6. The number of benzene rings is 3. The van der Waals surface area contributed by atoms with Gasteiger partial charge >= 0.3 is 0 Å². The summed E-state index contributed by atoms with van der Waals surface area (Å²) in [5.41, 5.74) is 0. The molecule has 0 saturated carbocycles. The van der Waals surface area contributed by atoms with Crippen LogP contribution in [0.2, 0.25) is 0 Å². The summed E-state index contributed by atoms with van der Waals surface area (Å²) in [6.45, 7) is 0. The first kappa shape index (κ1) is 14.3. The van der Waals surface area contributed by atoms with Crippen LogP contribution in [0.3, 0.4) is 0 Å². The van der Waals surface area contributed by atoms with Gasteiger partial charge in [-0.25, -0.2) is 0 Å². The molecule has 0 N–H and O–H groups in total. The van der Waals surface area contributed by atoms with Crippen LogP contribution in [-0.2, 0) is 0 Å². The summed E-state index contributed by atoms with van der Waals surface area (Å²) in [7, 11) is 0. The van der Waals surface area contributed by atoms with E-state index >= 15 is 0 Å². The normalized spacial score (nSPS) is 13.0. The smallest absolute Gasteiger partial charge is 0.172 e. The molecule has 26 heavy (non-hydrogen) atoms. The quantitative estimate of drug-likeness (QED) is 0.403. The van der Waals surface area contributed by atoms with Crippen LogP contribution in [0.15, 0.2) is 70.6 Å². The predicted octanol–water partition coefficient (Wildman–Crippen LogP) is 3.94. The number of rotatable bonds is 0. The SMILES string of the molecule is N#CN=c1c2ccccc2c2c1ccc1c3ccccc3c(=NC#N)c12. The topological polar surface area (TPSA) is 72.3 Å². The zero-order valence-corrected chi connectivity index (χ0v) is 13.6. The average Bonchev–Trinajstić information content (AvgIpc) is 3.17. The highest BCUT2D eigenvalue weighted by molar-refractivity contribution is 6.28. The van der Waals surface area contributed by atoms with Crippen molar-refractivity contribution in [2.24, 2.45) is 9.98 Å². The highest BCUT2D eigenvalue weighted by Crippen LogP contribution is 2.34. The molecule has 4 nitrogen and oxygen atoms in total. The van der Waals surface area contributed by atoms with Gasteiger partial charge in [0.1, 0.15) is 0 Å². The van der Waals surface area contributed by atoms with Crippen molar-refractivity contribution in [3.05, 3.63) is 71.4 Å².